The topological polar surface area (TPSA) is 91.3 Å². The minimum Gasteiger partial charge on any atom is -0.468 e. The number of fused-ring (bicyclic) bond motifs is 3. The molecule has 10 nitrogen and oxygen atoms in total. The average molecular weight is 914 g/mol. The fourth-order valence-corrected chi connectivity index (χ4v) is 16.3. The van der Waals surface area contributed by atoms with E-state index < -0.39 is 14.1 Å². The van der Waals surface area contributed by atoms with Gasteiger partial charge < -0.3 is 28.3 Å². The van der Waals surface area contributed by atoms with Crippen LogP contribution in [0.1, 0.15) is 78.2 Å². The zero-order valence-corrected chi connectivity index (χ0v) is 39.9. The number of aromatic nitrogens is 3. The van der Waals surface area contributed by atoms with Crippen LogP contribution in [-0.2, 0) is 20.3 Å². The van der Waals surface area contributed by atoms with Gasteiger partial charge in [0.15, 0.2) is 12.6 Å². The maximum atomic E-state index is 17.6. The number of rotatable bonds is 14. The second-order valence-corrected chi connectivity index (χ2v) is 24.1. The molecule has 1 spiro atoms. The highest BCUT2D eigenvalue weighted by molar-refractivity contribution is 6.99. The molecule has 4 aromatic carbocycles. The molecule has 0 saturated carbocycles. The van der Waals surface area contributed by atoms with Crippen LogP contribution in [0.25, 0.3) is 32.9 Å². The van der Waals surface area contributed by atoms with Crippen LogP contribution in [0.15, 0.2) is 91.1 Å². The molecule has 0 aliphatic carbocycles. The summed E-state index contributed by atoms with van der Waals surface area (Å²) in [6.07, 6.45) is 8.85. The van der Waals surface area contributed by atoms with Gasteiger partial charge in [0, 0.05) is 44.4 Å². The fourth-order valence-electron chi connectivity index (χ4n) is 11.7. The van der Waals surface area contributed by atoms with Crippen molar-refractivity contribution in [1.82, 2.24) is 19.9 Å². The van der Waals surface area contributed by atoms with Gasteiger partial charge in [-0.15, -0.1) is 0 Å². The highest BCUT2D eigenvalue weighted by Crippen LogP contribution is 2.46. The average Bonchev–Trinajstić information content (AvgIpc) is 3.89. The predicted octanol–water partition coefficient (Wildman–Crippen LogP) is 9.38. The van der Waals surface area contributed by atoms with Crippen LogP contribution in [0.5, 0.6) is 11.8 Å². The van der Waals surface area contributed by atoms with Crippen LogP contribution in [0.3, 0.4) is 0 Å². The van der Waals surface area contributed by atoms with Gasteiger partial charge in [0.05, 0.1) is 29.7 Å². The first-order chi connectivity index (χ1) is 32.0. The third kappa shape index (κ3) is 7.83. The molecule has 6 heterocycles. The highest BCUT2D eigenvalue weighted by atomic mass is 28.4. The second-order valence-electron chi connectivity index (χ2n) is 19.8. The number of hydrogen-bond donors (Lipinski definition) is 0. The van der Waals surface area contributed by atoms with Gasteiger partial charge in [-0.1, -0.05) is 94.4 Å². The highest BCUT2D eigenvalue weighted by Gasteiger charge is 2.54. The first-order valence-corrected chi connectivity index (χ1v) is 25.7. The number of nitrogens with zero attached hydrogens (tertiary/aromatic N) is 5. The van der Waals surface area contributed by atoms with Gasteiger partial charge in [0.25, 0.3) is 8.32 Å². The van der Waals surface area contributed by atoms with Gasteiger partial charge in [-0.2, -0.15) is 9.97 Å². The van der Waals surface area contributed by atoms with E-state index in [4.69, 9.17) is 38.3 Å². The molecule has 0 N–H and O–H groups in total. The summed E-state index contributed by atoms with van der Waals surface area (Å²) >= 11 is 0. The van der Waals surface area contributed by atoms with E-state index in [1.165, 1.54) is 23.5 Å². The molecule has 4 saturated heterocycles. The van der Waals surface area contributed by atoms with Gasteiger partial charge in [0.2, 0.25) is 0 Å². The summed E-state index contributed by atoms with van der Waals surface area (Å²) in [7, 11) is -1.21. The molecule has 4 aliphatic heterocycles. The molecule has 4 aliphatic rings. The molecule has 66 heavy (non-hydrogen) atoms. The van der Waals surface area contributed by atoms with E-state index in [0.29, 0.717) is 65.0 Å². The van der Waals surface area contributed by atoms with Crippen LogP contribution >= 0.6 is 0 Å². The molecular formula is C53H61F2N5O5Si. The number of aryl methyl sites for hydroxylation is 1. The number of benzene rings is 4. The lowest BCUT2D eigenvalue weighted by Gasteiger charge is -2.48. The van der Waals surface area contributed by atoms with Gasteiger partial charge in [-0.3, -0.25) is 9.88 Å². The van der Waals surface area contributed by atoms with Crippen LogP contribution in [0.4, 0.5) is 14.6 Å². The molecule has 0 bridgehead atoms. The number of halogens is 2. The first kappa shape index (κ1) is 44.8. The zero-order valence-electron chi connectivity index (χ0n) is 38.9. The Labute approximate surface area is 387 Å². The molecule has 4 fully saturated rings. The summed E-state index contributed by atoms with van der Waals surface area (Å²) in [5, 5.41) is 4.19. The lowest BCUT2D eigenvalue weighted by atomic mass is 9.86. The predicted molar refractivity (Wildman–Crippen MR) is 258 cm³/mol. The normalized spacial score (nSPS) is 22.3. The largest absolute Gasteiger partial charge is 0.468 e. The maximum absolute atomic E-state index is 17.6. The Kier molecular flexibility index (Phi) is 12.1. The monoisotopic (exact) mass is 913 g/mol. The minimum atomic E-state index is -2.75. The molecule has 3 atom stereocenters. The van der Waals surface area contributed by atoms with Crippen LogP contribution in [0.2, 0.25) is 5.04 Å². The third-order valence-corrected chi connectivity index (χ3v) is 20.0. The molecule has 6 aromatic rings. The number of hydrogen-bond acceptors (Lipinski definition) is 10. The molecule has 0 radical (unpaired) electrons. The fraction of sp³-hybridized carbons (Fsp3) is 0.453. The van der Waals surface area contributed by atoms with Crippen molar-refractivity contribution in [2.24, 2.45) is 0 Å². The van der Waals surface area contributed by atoms with Crippen molar-refractivity contribution in [2.45, 2.75) is 101 Å². The smallest absolute Gasteiger partial charge is 0.319 e. The van der Waals surface area contributed by atoms with Crippen LogP contribution in [0, 0.1) is 11.6 Å². The first-order valence-electron chi connectivity index (χ1n) is 23.8. The van der Waals surface area contributed by atoms with Crippen molar-refractivity contribution in [3.63, 3.8) is 0 Å². The Bertz CT molecular complexity index is 2680. The number of pyridine rings is 1. The number of anilines is 1. The minimum absolute atomic E-state index is 0.00772. The lowest BCUT2D eigenvalue weighted by Crippen LogP contribution is -2.67. The van der Waals surface area contributed by atoms with E-state index in [-0.39, 0.29) is 52.1 Å². The Balaban J connectivity index is 1.000. The molecule has 0 amide bonds. The molecule has 10 rings (SSSR count). The van der Waals surface area contributed by atoms with Crippen molar-refractivity contribution < 1.29 is 32.2 Å². The summed E-state index contributed by atoms with van der Waals surface area (Å²) in [6, 6.07) is 28.6. The van der Waals surface area contributed by atoms with E-state index in [0.717, 1.165) is 64.6 Å². The Hall–Kier alpha value is -5.05. The summed E-state index contributed by atoms with van der Waals surface area (Å²) < 4.78 is 64.6. The number of piperidine rings is 1. The van der Waals surface area contributed by atoms with Gasteiger partial charge >= 0.3 is 6.01 Å². The molecule has 0 unspecified atom stereocenters. The van der Waals surface area contributed by atoms with E-state index >= 15 is 8.78 Å². The summed E-state index contributed by atoms with van der Waals surface area (Å²) in [4.78, 5) is 19.6. The standard InChI is InChI=1S/C53H61F2N5O5Si/c1-6-41-44(54)20-19-36-29-38(63-35-61-5)30-42(45(36)41)47-46(55)48-43(31-56-47)49(59-26-14-23-53(33-59)25-28-64-53)58-50(57-48)62-34-52-22-13-27-60(52)37(21-24-52)32-65-66(51(2,3)4,39-15-9-7-10-16-39)40-17-11-8-12-18-40/h7-12,15-20,29-31,37H,6,13-14,21-28,32-35H2,1-5H3/t37-,52-,53-/m0/s1. The molecule has 13 heteroatoms. The summed E-state index contributed by atoms with van der Waals surface area (Å²) in [5.74, 6) is 0.0347. The van der Waals surface area contributed by atoms with Crippen LogP contribution < -0.4 is 24.7 Å². The second kappa shape index (κ2) is 17.9. The van der Waals surface area contributed by atoms with Crippen molar-refractivity contribution in [2.75, 3.05) is 58.3 Å². The van der Waals surface area contributed by atoms with Gasteiger partial charge in [-0.05, 0) is 101 Å². The lowest BCUT2D eigenvalue weighted by molar-refractivity contribution is -0.151. The molecule has 2 aromatic heterocycles. The molecule has 346 valence electrons. The van der Waals surface area contributed by atoms with Crippen molar-refractivity contribution in [3.8, 4) is 23.0 Å². The van der Waals surface area contributed by atoms with E-state index in [1.807, 2.05) is 13.0 Å². The summed E-state index contributed by atoms with van der Waals surface area (Å²) in [5.41, 5.74) is 0.545. The van der Waals surface area contributed by atoms with Gasteiger partial charge in [0.1, 0.15) is 35.2 Å². The zero-order chi connectivity index (χ0) is 45.7. The molecular weight excluding hydrogens is 853 g/mol. The Morgan fingerprint density at radius 2 is 1.62 bits per heavy atom. The van der Waals surface area contributed by atoms with E-state index in [1.54, 1.807) is 18.3 Å². The van der Waals surface area contributed by atoms with Crippen LogP contribution in [-0.4, -0.2) is 98.7 Å². The quantitative estimate of drug-likeness (QED) is 0.0778. The Morgan fingerprint density at radius 3 is 2.30 bits per heavy atom. The maximum Gasteiger partial charge on any atom is 0.319 e. The number of methoxy groups -OCH3 is 1. The summed E-state index contributed by atoms with van der Waals surface area (Å²) in [6.45, 7) is 12.9. The van der Waals surface area contributed by atoms with Crippen molar-refractivity contribution in [3.05, 3.63) is 108 Å². The Morgan fingerprint density at radius 1 is 0.879 bits per heavy atom. The number of ether oxygens (including phenoxy) is 4. The van der Waals surface area contributed by atoms with E-state index in [2.05, 4.69) is 91.2 Å². The van der Waals surface area contributed by atoms with Crippen molar-refractivity contribution in [1.29, 1.82) is 0 Å². The van der Waals surface area contributed by atoms with Crippen molar-refractivity contribution >= 4 is 46.2 Å². The van der Waals surface area contributed by atoms with Gasteiger partial charge in [-0.25, -0.2) is 8.78 Å². The van der Waals surface area contributed by atoms with E-state index in [9.17, 15) is 0 Å². The SMILES string of the molecule is CCc1c(F)ccc2cc(OCOC)cc(-c3ncc4c(N5CCC[C@]6(CCO6)C5)nc(OC[C@@]56CCCN5[C@H](CO[Si](c5ccccc5)(c5ccccc5)C(C)(C)C)CC6)nc4c3F)c12. The third-order valence-electron chi connectivity index (χ3n) is 15.0.